The van der Waals surface area contributed by atoms with Crippen LogP contribution in [-0.4, -0.2) is 60.7 Å². The molecule has 1 saturated heterocycles. The first-order chi connectivity index (χ1) is 11.3. The van der Waals surface area contributed by atoms with Crippen LogP contribution in [-0.2, 0) is 14.3 Å². The van der Waals surface area contributed by atoms with E-state index in [4.69, 9.17) is 8.92 Å². The van der Waals surface area contributed by atoms with Crippen LogP contribution in [0.5, 0.6) is 5.88 Å². The van der Waals surface area contributed by atoms with Gasteiger partial charge in [-0.3, -0.25) is 8.75 Å². The predicted octanol–water partition coefficient (Wildman–Crippen LogP) is 0.453. The Hall–Kier alpha value is -2.20. The molecule has 0 unspecified atom stereocenters. The van der Waals surface area contributed by atoms with Crippen molar-refractivity contribution < 1.29 is 17.3 Å². The van der Waals surface area contributed by atoms with Crippen molar-refractivity contribution in [2.45, 2.75) is 20.0 Å². The van der Waals surface area contributed by atoms with E-state index in [-0.39, 0.29) is 6.10 Å². The third-order valence-corrected chi connectivity index (χ3v) is 4.35. The molecule has 0 radical (unpaired) electrons. The van der Waals surface area contributed by atoms with Crippen molar-refractivity contribution in [2.24, 2.45) is 0 Å². The van der Waals surface area contributed by atoms with E-state index in [2.05, 4.69) is 15.2 Å². The molecule has 10 heteroatoms. The quantitative estimate of drug-likeness (QED) is 0.715. The molecule has 0 aliphatic carbocycles. The van der Waals surface area contributed by atoms with Crippen molar-refractivity contribution in [3.8, 4) is 11.6 Å². The normalized spacial score (nSPS) is 15.4. The number of rotatable bonds is 5. The highest BCUT2D eigenvalue weighted by Gasteiger charge is 2.34. The summed E-state index contributed by atoms with van der Waals surface area (Å²) in [5.74, 6) is 1.89. The lowest BCUT2D eigenvalue weighted by Crippen LogP contribution is -2.53. The van der Waals surface area contributed by atoms with Gasteiger partial charge in [-0.1, -0.05) is 0 Å². The number of aryl methyl sites for hydroxylation is 2. The SMILES string of the molecule is COc1ccc(-n2c(C)nnc2N2CC(OS(C)(=O)=O)C2)c(C)n1. The molecular weight excluding hydrogens is 334 g/mol. The van der Waals surface area contributed by atoms with Gasteiger partial charge in [0.15, 0.2) is 0 Å². The average Bonchev–Trinajstić information content (AvgIpc) is 2.82. The number of aromatic nitrogens is 4. The van der Waals surface area contributed by atoms with Gasteiger partial charge < -0.3 is 9.64 Å². The van der Waals surface area contributed by atoms with Crippen LogP contribution in [0.3, 0.4) is 0 Å². The van der Waals surface area contributed by atoms with Crippen molar-refractivity contribution in [3.05, 3.63) is 23.7 Å². The van der Waals surface area contributed by atoms with E-state index in [9.17, 15) is 8.42 Å². The standard InChI is InChI=1S/C14H19N5O4S/c1-9-12(5-6-13(15-9)22-3)19-10(2)16-17-14(19)18-7-11(8-18)23-24(4,20)21/h5-6,11H,7-8H2,1-4H3. The van der Waals surface area contributed by atoms with Crippen LogP contribution in [0.25, 0.3) is 5.69 Å². The molecule has 0 saturated carbocycles. The Labute approximate surface area is 140 Å². The lowest BCUT2D eigenvalue weighted by Gasteiger charge is -2.38. The van der Waals surface area contributed by atoms with E-state index in [1.165, 1.54) is 0 Å². The topological polar surface area (TPSA) is 99.4 Å². The van der Waals surface area contributed by atoms with Crippen molar-refractivity contribution >= 4 is 16.1 Å². The summed E-state index contributed by atoms with van der Waals surface area (Å²) in [6, 6.07) is 3.67. The molecule has 1 aliphatic rings. The van der Waals surface area contributed by atoms with Gasteiger partial charge >= 0.3 is 0 Å². The molecule has 3 heterocycles. The number of pyridine rings is 1. The van der Waals surface area contributed by atoms with Crippen molar-refractivity contribution in [1.82, 2.24) is 19.7 Å². The Morgan fingerprint density at radius 3 is 2.50 bits per heavy atom. The molecule has 0 spiro atoms. The van der Waals surface area contributed by atoms with Gasteiger partial charge in [-0.2, -0.15) is 8.42 Å². The van der Waals surface area contributed by atoms with Crippen LogP contribution in [0.1, 0.15) is 11.5 Å². The highest BCUT2D eigenvalue weighted by Crippen LogP contribution is 2.27. The van der Waals surface area contributed by atoms with Gasteiger partial charge in [-0.05, 0) is 19.9 Å². The molecular formula is C14H19N5O4S. The third-order valence-electron chi connectivity index (χ3n) is 3.73. The smallest absolute Gasteiger partial charge is 0.264 e. The summed E-state index contributed by atoms with van der Waals surface area (Å²) in [5, 5.41) is 8.34. The van der Waals surface area contributed by atoms with Gasteiger partial charge in [0, 0.05) is 6.07 Å². The van der Waals surface area contributed by atoms with Gasteiger partial charge in [-0.25, -0.2) is 4.98 Å². The molecule has 9 nitrogen and oxygen atoms in total. The predicted molar refractivity (Wildman–Crippen MR) is 87.1 cm³/mol. The number of anilines is 1. The van der Waals surface area contributed by atoms with E-state index in [0.717, 1.165) is 17.6 Å². The zero-order valence-corrected chi connectivity index (χ0v) is 14.7. The van der Waals surface area contributed by atoms with Crippen molar-refractivity contribution in [1.29, 1.82) is 0 Å². The highest BCUT2D eigenvalue weighted by molar-refractivity contribution is 7.86. The van der Waals surface area contributed by atoms with Crippen LogP contribution < -0.4 is 9.64 Å². The molecule has 1 aliphatic heterocycles. The zero-order valence-electron chi connectivity index (χ0n) is 13.9. The van der Waals surface area contributed by atoms with Gasteiger partial charge in [-0.15, -0.1) is 10.2 Å². The first-order valence-corrected chi connectivity index (χ1v) is 9.17. The summed E-state index contributed by atoms with van der Waals surface area (Å²) in [7, 11) is -1.89. The third kappa shape index (κ3) is 3.20. The van der Waals surface area contributed by atoms with E-state index in [1.54, 1.807) is 13.2 Å². The fourth-order valence-corrected chi connectivity index (χ4v) is 3.24. The summed E-state index contributed by atoms with van der Waals surface area (Å²) in [5.41, 5.74) is 1.63. The van der Waals surface area contributed by atoms with E-state index >= 15 is 0 Å². The van der Waals surface area contributed by atoms with Gasteiger partial charge in [0.25, 0.3) is 10.1 Å². The maximum Gasteiger partial charge on any atom is 0.264 e. The zero-order chi connectivity index (χ0) is 17.5. The van der Waals surface area contributed by atoms with E-state index in [0.29, 0.717) is 30.7 Å². The molecule has 2 aromatic heterocycles. The average molecular weight is 353 g/mol. The Bertz CT molecular complexity index is 858. The molecule has 0 aromatic carbocycles. The van der Waals surface area contributed by atoms with Gasteiger partial charge in [0.2, 0.25) is 11.8 Å². The molecule has 0 amide bonds. The molecule has 0 N–H and O–H groups in total. The first kappa shape index (κ1) is 16.7. The molecule has 130 valence electrons. The molecule has 3 rings (SSSR count). The minimum atomic E-state index is -3.45. The molecule has 0 atom stereocenters. The van der Waals surface area contributed by atoms with Crippen LogP contribution in [0, 0.1) is 13.8 Å². The lowest BCUT2D eigenvalue weighted by atomic mass is 10.2. The fraction of sp³-hybridized carbons (Fsp3) is 0.500. The lowest BCUT2D eigenvalue weighted by molar-refractivity contribution is 0.175. The van der Waals surface area contributed by atoms with Crippen LogP contribution in [0.4, 0.5) is 5.95 Å². The second-order valence-corrected chi connectivity index (χ2v) is 7.27. The molecule has 2 aromatic rings. The fourth-order valence-electron chi connectivity index (χ4n) is 2.63. The van der Waals surface area contributed by atoms with Gasteiger partial charge in [0.1, 0.15) is 11.9 Å². The minimum absolute atomic E-state index is 0.361. The number of hydrogen-bond donors (Lipinski definition) is 0. The maximum absolute atomic E-state index is 11.2. The first-order valence-electron chi connectivity index (χ1n) is 7.35. The van der Waals surface area contributed by atoms with Crippen molar-refractivity contribution in [2.75, 3.05) is 31.4 Å². The second kappa shape index (κ2) is 6.02. The highest BCUT2D eigenvalue weighted by atomic mass is 32.2. The number of ether oxygens (including phenoxy) is 1. The van der Waals surface area contributed by atoms with Crippen molar-refractivity contribution in [3.63, 3.8) is 0 Å². The van der Waals surface area contributed by atoms with Crippen LogP contribution >= 0.6 is 0 Å². The second-order valence-electron chi connectivity index (χ2n) is 5.67. The Balaban J connectivity index is 1.86. The number of methoxy groups -OCH3 is 1. The summed E-state index contributed by atoms with van der Waals surface area (Å²) >= 11 is 0. The monoisotopic (exact) mass is 353 g/mol. The summed E-state index contributed by atoms with van der Waals surface area (Å²) in [6.07, 6.45) is 0.690. The Morgan fingerprint density at radius 2 is 1.92 bits per heavy atom. The summed E-state index contributed by atoms with van der Waals surface area (Å²) in [4.78, 5) is 6.29. The summed E-state index contributed by atoms with van der Waals surface area (Å²) < 4.78 is 34.4. The largest absolute Gasteiger partial charge is 0.481 e. The van der Waals surface area contributed by atoms with E-state index < -0.39 is 10.1 Å². The Morgan fingerprint density at radius 1 is 1.21 bits per heavy atom. The van der Waals surface area contributed by atoms with Gasteiger partial charge in [0.05, 0.1) is 37.8 Å². The minimum Gasteiger partial charge on any atom is -0.481 e. The Kier molecular flexibility index (Phi) is 4.18. The molecule has 1 fully saturated rings. The maximum atomic E-state index is 11.2. The van der Waals surface area contributed by atoms with Crippen LogP contribution in [0.15, 0.2) is 12.1 Å². The molecule has 24 heavy (non-hydrogen) atoms. The number of hydrogen-bond acceptors (Lipinski definition) is 8. The number of nitrogens with zero attached hydrogens (tertiary/aromatic N) is 5. The summed E-state index contributed by atoms with van der Waals surface area (Å²) in [6.45, 7) is 4.61. The molecule has 0 bridgehead atoms. The van der Waals surface area contributed by atoms with Crippen LogP contribution in [0.2, 0.25) is 0 Å². The van der Waals surface area contributed by atoms with E-state index in [1.807, 2.05) is 29.4 Å².